The topological polar surface area (TPSA) is 84.9 Å². The lowest BCUT2D eigenvalue weighted by atomic mass is 9.77. The second-order valence-corrected chi connectivity index (χ2v) is 12.5. The van der Waals surface area contributed by atoms with Crippen molar-refractivity contribution in [3.05, 3.63) is 95.1 Å². The average molecular weight is 623 g/mol. The molecule has 1 heterocycles. The maximum atomic E-state index is 12.9. The molecule has 240 valence electrons. The number of halogens is 3. The summed E-state index contributed by atoms with van der Waals surface area (Å²) in [6.45, 7) is 2.04. The number of nitrogens with zero attached hydrogens (tertiary/aromatic N) is 2. The van der Waals surface area contributed by atoms with E-state index in [0.29, 0.717) is 25.4 Å². The fourth-order valence-electron chi connectivity index (χ4n) is 6.59. The monoisotopic (exact) mass is 622 g/mol. The molecule has 1 saturated carbocycles. The van der Waals surface area contributed by atoms with E-state index in [4.69, 9.17) is 0 Å². The number of aliphatic hydroxyl groups is 1. The Morgan fingerprint density at radius 1 is 0.978 bits per heavy atom. The Morgan fingerprint density at radius 3 is 2.38 bits per heavy atom. The van der Waals surface area contributed by atoms with Gasteiger partial charge in [0.15, 0.2) is 0 Å². The lowest BCUT2D eigenvalue weighted by Crippen LogP contribution is -2.45. The molecule has 45 heavy (non-hydrogen) atoms. The van der Waals surface area contributed by atoms with E-state index < -0.39 is 23.2 Å². The van der Waals surface area contributed by atoms with Crippen LogP contribution < -0.4 is 10.6 Å². The van der Waals surface area contributed by atoms with E-state index in [2.05, 4.69) is 77.0 Å². The summed E-state index contributed by atoms with van der Waals surface area (Å²) in [4.78, 5) is 29.3. The summed E-state index contributed by atoms with van der Waals surface area (Å²) in [5.74, 6) is -1.12. The highest BCUT2D eigenvalue weighted by Crippen LogP contribution is 2.40. The van der Waals surface area contributed by atoms with E-state index in [0.717, 1.165) is 55.6 Å². The Kier molecular flexibility index (Phi) is 9.96. The van der Waals surface area contributed by atoms with Crippen LogP contribution in [0.25, 0.3) is 11.1 Å². The molecule has 3 N–H and O–H groups in total. The molecule has 2 fully saturated rings. The highest BCUT2D eigenvalue weighted by molar-refractivity contribution is 5.96. The summed E-state index contributed by atoms with van der Waals surface area (Å²) in [6.07, 6.45) is -0.781. The van der Waals surface area contributed by atoms with Gasteiger partial charge in [0.2, 0.25) is 5.91 Å². The van der Waals surface area contributed by atoms with Crippen LogP contribution in [-0.4, -0.2) is 72.5 Å². The largest absolute Gasteiger partial charge is 0.416 e. The van der Waals surface area contributed by atoms with E-state index in [1.807, 2.05) is 6.07 Å². The molecular formula is C35H41F3N4O3. The van der Waals surface area contributed by atoms with Crippen LogP contribution >= 0.6 is 0 Å². The summed E-state index contributed by atoms with van der Waals surface area (Å²) < 4.78 is 38.8. The molecule has 2 amide bonds. The molecule has 1 atom stereocenters. The molecule has 1 saturated heterocycles. The second kappa shape index (κ2) is 13.7. The van der Waals surface area contributed by atoms with Crippen LogP contribution in [0.2, 0.25) is 0 Å². The summed E-state index contributed by atoms with van der Waals surface area (Å²) >= 11 is 0. The van der Waals surface area contributed by atoms with Gasteiger partial charge >= 0.3 is 6.18 Å². The smallest absolute Gasteiger partial charge is 0.385 e. The first kappa shape index (κ1) is 32.7. The number of nitrogens with one attached hydrogen (secondary N) is 2. The van der Waals surface area contributed by atoms with Gasteiger partial charge in [-0.25, -0.2) is 0 Å². The predicted octanol–water partition coefficient (Wildman–Crippen LogP) is 5.18. The van der Waals surface area contributed by atoms with Gasteiger partial charge in [0.1, 0.15) is 0 Å². The Morgan fingerprint density at radius 2 is 1.69 bits per heavy atom. The molecule has 3 aromatic carbocycles. The number of carbonyl (C=O) groups is 2. The number of alkyl halides is 3. The minimum Gasteiger partial charge on any atom is -0.385 e. The Labute approximate surface area is 262 Å². The molecule has 7 nitrogen and oxygen atoms in total. The van der Waals surface area contributed by atoms with E-state index in [1.54, 1.807) is 0 Å². The van der Waals surface area contributed by atoms with Crippen LogP contribution in [0.4, 0.5) is 13.2 Å². The van der Waals surface area contributed by atoms with Crippen LogP contribution in [0.15, 0.2) is 72.8 Å². The van der Waals surface area contributed by atoms with Crippen molar-refractivity contribution in [1.82, 2.24) is 20.4 Å². The molecule has 0 unspecified atom stereocenters. The van der Waals surface area contributed by atoms with Crippen LogP contribution in [0.1, 0.15) is 59.2 Å². The number of hydrogen-bond donors (Lipinski definition) is 3. The first-order valence-electron chi connectivity index (χ1n) is 15.5. The molecule has 0 aromatic heterocycles. The fraction of sp³-hybridized carbons (Fsp3) is 0.429. The summed E-state index contributed by atoms with van der Waals surface area (Å²) in [6, 6.07) is 21.0. The Hall–Kier alpha value is -3.73. The van der Waals surface area contributed by atoms with Gasteiger partial charge in [-0.3, -0.25) is 14.5 Å². The molecule has 5 rings (SSSR count). The zero-order valence-corrected chi connectivity index (χ0v) is 25.7. The van der Waals surface area contributed by atoms with Crippen molar-refractivity contribution in [3.8, 4) is 11.1 Å². The van der Waals surface area contributed by atoms with E-state index in [1.165, 1.54) is 23.3 Å². The number of carbonyl (C=O) groups excluding carboxylic acids is 2. The van der Waals surface area contributed by atoms with E-state index >= 15 is 0 Å². The molecule has 1 aliphatic heterocycles. The highest BCUT2D eigenvalue weighted by Gasteiger charge is 2.38. The van der Waals surface area contributed by atoms with Gasteiger partial charge in [0.05, 0.1) is 17.7 Å². The van der Waals surface area contributed by atoms with E-state index in [9.17, 15) is 27.9 Å². The number of amides is 2. The maximum Gasteiger partial charge on any atom is 0.416 e. The third kappa shape index (κ3) is 8.11. The lowest BCUT2D eigenvalue weighted by molar-refractivity contribution is -0.137. The maximum absolute atomic E-state index is 12.9. The van der Waals surface area contributed by atoms with Crippen molar-refractivity contribution in [2.75, 3.05) is 33.7 Å². The van der Waals surface area contributed by atoms with Crippen LogP contribution in [0.3, 0.4) is 0 Å². The number of hydrogen-bond acceptors (Lipinski definition) is 5. The predicted molar refractivity (Wildman–Crippen MR) is 167 cm³/mol. The van der Waals surface area contributed by atoms with Gasteiger partial charge in [0.25, 0.3) is 5.91 Å². The summed E-state index contributed by atoms with van der Waals surface area (Å²) in [7, 11) is 4.12. The standard InChI is InChI=1S/C35H41F3N4O3/c1-41(2)22-26-6-3-4-9-31(26)24-10-12-27(13-11-24)34(45)17-14-30(15-18-34)42-19-16-29(23-42)40-32(43)21-39-33(44)25-7-5-8-28(20-25)35(36,37)38/h3-13,20,29-30,45H,14-19,21-23H2,1-2H3,(H,39,44)(H,40,43)/t29-,30?,34?/m1/s1. The zero-order chi connectivity index (χ0) is 32.2. The molecule has 1 aliphatic carbocycles. The van der Waals surface area contributed by atoms with Gasteiger partial charge < -0.3 is 20.6 Å². The number of likely N-dealkylation sites (tertiary alicyclic amines) is 1. The normalized spacial score (nSPS) is 22.4. The molecule has 0 radical (unpaired) electrons. The van der Waals surface area contributed by atoms with Gasteiger partial charge in [-0.05, 0) is 86.7 Å². The first-order chi connectivity index (χ1) is 21.4. The molecule has 2 aliphatic rings. The summed E-state index contributed by atoms with van der Waals surface area (Å²) in [5.41, 5.74) is 2.59. The number of benzene rings is 3. The van der Waals surface area contributed by atoms with Gasteiger partial charge in [-0.2, -0.15) is 13.2 Å². The molecule has 10 heteroatoms. The van der Waals surface area contributed by atoms with Crippen LogP contribution in [0.5, 0.6) is 0 Å². The van der Waals surface area contributed by atoms with Gasteiger partial charge in [-0.1, -0.05) is 54.6 Å². The van der Waals surface area contributed by atoms with Crippen molar-refractivity contribution < 1.29 is 27.9 Å². The zero-order valence-electron chi connectivity index (χ0n) is 25.7. The molecule has 3 aromatic rings. The molecule has 0 spiro atoms. The highest BCUT2D eigenvalue weighted by atomic mass is 19.4. The average Bonchev–Trinajstić information content (AvgIpc) is 3.48. The van der Waals surface area contributed by atoms with Crippen LogP contribution in [0, 0.1) is 0 Å². The Balaban J connectivity index is 1.08. The van der Waals surface area contributed by atoms with Crippen molar-refractivity contribution >= 4 is 11.8 Å². The third-order valence-electron chi connectivity index (χ3n) is 8.98. The number of rotatable bonds is 9. The minimum absolute atomic E-state index is 0.0771. The molecular weight excluding hydrogens is 581 g/mol. The van der Waals surface area contributed by atoms with Crippen molar-refractivity contribution in [2.24, 2.45) is 0 Å². The van der Waals surface area contributed by atoms with E-state index in [-0.39, 0.29) is 24.1 Å². The Bertz CT molecular complexity index is 1480. The third-order valence-corrected chi connectivity index (χ3v) is 8.98. The van der Waals surface area contributed by atoms with Crippen LogP contribution in [-0.2, 0) is 23.1 Å². The van der Waals surface area contributed by atoms with Crippen molar-refractivity contribution in [2.45, 2.75) is 62.5 Å². The molecule has 0 bridgehead atoms. The minimum atomic E-state index is -4.55. The quantitative estimate of drug-likeness (QED) is 0.306. The van der Waals surface area contributed by atoms with Crippen molar-refractivity contribution in [3.63, 3.8) is 0 Å². The fourth-order valence-corrected chi connectivity index (χ4v) is 6.59. The first-order valence-corrected chi connectivity index (χ1v) is 15.5. The SMILES string of the molecule is CN(C)Cc1ccccc1-c1ccc(C2(O)CCC(N3CC[C@@H](NC(=O)CNC(=O)c4cccc(C(F)(F)F)c4)C3)CC2)cc1. The van der Waals surface area contributed by atoms with Gasteiger partial charge in [-0.15, -0.1) is 0 Å². The lowest BCUT2D eigenvalue weighted by Gasteiger charge is -2.40. The second-order valence-electron chi connectivity index (χ2n) is 12.5. The van der Waals surface area contributed by atoms with Gasteiger partial charge in [0, 0.05) is 37.3 Å². The summed E-state index contributed by atoms with van der Waals surface area (Å²) in [5, 5.41) is 16.9. The van der Waals surface area contributed by atoms with Crippen molar-refractivity contribution in [1.29, 1.82) is 0 Å².